The van der Waals surface area contributed by atoms with Gasteiger partial charge in [-0.15, -0.1) is 0 Å². The summed E-state index contributed by atoms with van der Waals surface area (Å²) in [4.78, 5) is 28.4. The number of nitrogens with one attached hydrogen (secondary N) is 2. The van der Waals surface area contributed by atoms with Gasteiger partial charge in [-0.1, -0.05) is 12.1 Å². The van der Waals surface area contributed by atoms with Crippen LogP contribution >= 0.6 is 0 Å². The van der Waals surface area contributed by atoms with Crippen molar-refractivity contribution in [1.29, 1.82) is 0 Å². The molecule has 0 aliphatic heterocycles. The van der Waals surface area contributed by atoms with E-state index in [4.69, 9.17) is 0 Å². The number of fused-ring (bicyclic) bond motifs is 2. The summed E-state index contributed by atoms with van der Waals surface area (Å²) in [7, 11) is 0. The highest BCUT2D eigenvalue weighted by atomic mass is 16.1. The first-order valence-corrected chi connectivity index (χ1v) is 7.72. The maximum absolute atomic E-state index is 12.3. The number of carbonyl (C=O) groups excluding carboxylic acids is 1. The van der Waals surface area contributed by atoms with E-state index in [1.54, 1.807) is 30.6 Å². The van der Waals surface area contributed by atoms with Crippen LogP contribution in [-0.4, -0.2) is 32.4 Å². The van der Waals surface area contributed by atoms with Gasteiger partial charge < -0.3 is 10.3 Å². The molecule has 118 valence electrons. The Morgan fingerprint density at radius 3 is 2.71 bits per heavy atom. The van der Waals surface area contributed by atoms with E-state index >= 15 is 0 Å². The minimum absolute atomic E-state index is 0.126. The summed E-state index contributed by atoms with van der Waals surface area (Å²) in [6, 6.07) is 13.2. The molecule has 0 saturated carbocycles. The van der Waals surface area contributed by atoms with E-state index in [-0.39, 0.29) is 5.91 Å². The van der Waals surface area contributed by atoms with E-state index in [2.05, 4.69) is 25.3 Å². The van der Waals surface area contributed by atoms with Crippen LogP contribution in [0.25, 0.3) is 22.1 Å². The van der Waals surface area contributed by atoms with Gasteiger partial charge in [-0.3, -0.25) is 14.8 Å². The molecule has 0 fully saturated rings. The van der Waals surface area contributed by atoms with Crippen molar-refractivity contribution in [3.63, 3.8) is 0 Å². The molecule has 0 unspecified atom stereocenters. The lowest BCUT2D eigenvalue weighted by Gasteiger charge is -2.05. The molecule has 24 heavy (non-hydrogen) atoms. The first-order valence-electron chi connectivity index (χ1n) is 7.72. The van der Waals surface area contributed by atoms with Gasteiger partial charge in [-0.25, -0.2) is 4.98 Å². The Balaban J connectivity index is 1.41. The molecule has 0 atom stereocenters. The summed E-state index contributed by atoms with van der Waals surface area (Å²) in [5, 5.41) is 2.91. The number of para-hydroxylation sites is 2. The number of carbonyl (C=O) groups is 1. The molecule has 0 aliphatic carbocycles. The Hall–Kier alpha value is -3.28. The minimum atomic E-state index is -0.126. The third kappa shape index (κ3) is 2.81. The zero-order chi connectivity index (χ0) is 16.4. The van der Waals surface area contributed by atoms with Crippen molar-refractivity contribution in [1.82, 2.24) is 25.3 Å². The van der Waals surface area contributed by atoms with Crippen molar-refractivity contribution in [2.75, 3.05) is 6.54 Å². The fraction of sp³-hybridized carbons (Fsp3) is 0.111. The smallest absolute Gasteiger partial charge is 0.251 e. The fourth-order valence-electron chi connectivity index (χ4n) is 2.63. The van der Waals surface area contributed by atoms with Crippen molar-refractivity contribution < 1.29 is 4.79 Å². The maximum atomic E-state index is 12.3. The van der Waals surface area contributed by atoms with E-state index in [1.807, 2.05) is 24.3 Å². The maximum Gasteiger partial charge on any atom is 0.251 e. The number of aromatic amines is 1. The van der Waals surface area contributed by atoms with Gasteiger partial charge in [0.05, 0.1) is 22.1 Å². The predicted octanol–water partition coefficient (Wildman–Crippen LogP) is 2.48. The second kappa shape index (κ2) is 6.08. The van der Waals surface area contributed by atoms with Crippen LogP contribution in [0.5, 0.6) is 0 Å². The number of rotatable bonds is 4. The molecule has 2 aromatic carbocycles. The molecule has 6 nitrogen and oxygen atoms in total. The minimum Gasteiger partial charge on any atom is -0.352 e. The fourth-order valence-corrected chi connectivity index (χ4v) is 2.63. The molecule has 2 aromatic heterocycles. The van der Waals surface area contributed by atoms with E-state index in [0.29, 0.717) is 24.0 Å². The number of aromatic nitrogens is 4. The molecular weight excluding hydrogens is 302 g/mol. The normalized spacial score (nSPS) is 11.0. The van der Waals surface area contributed by atoms with Crippen LogP contribution in [0, 0.1) is 0 Å². The second-order valence-electron chi connectivity index (χ2n) is 5.47. The molecule has 0 aliphatic rings. The van der Waals surface area contributed by atoms with Crippen molar-refractivity contribution >= 4 is 28.0 Å². The molecule has 6 heteroatoms. The number of nitrogens with zero attached hydrogens (tertiary/aromatic N) is 3. The second-order valence-corrected chi connectivity index (χ2v) is 5.47. The topological polar surface area (TPSA) is 83.6 Å². The van der Waals surface area contributed by atoms with Crippen LogP contribution < -0.4 is 5.32 Å². The van der Waals surface area contributed by atoms with Crippen LogP contribution in [0.3, 0.4) is 0 Å². The predicted molar refractivity (Wildman–Crippen MR) is 91.7 cm³/mol. The van der Waals surface area contributed by atoms with Gasteiger partial charge in [0, 0.05) is 30.9 Å². The quantitative estimate of drug-likeness (QED) is 0.605. The van der Waals surface area contributed by atoms with Gasteiger partial charge in [0.2, 0.25) is 0 Å². The van der Waals surface area contributed by atoms with Crippen LogP contribution in [0.15, 0.2) is 54.9 Å². The Morgan fingerprint density at radius 1 is 1.00 bits per heavy atom. The number of benzene rings is 2. The third-order valence-corrected chi connectivity index (χ3v) is 3.82. The lowest BCUT2D eigenvalue weighted by molar-refractivity contribution is 0.0954. The van der Waals surface area contributed by atoms with Crippen molar-refractivity contribution in [3.8, 4) is 0 Å². The Morgan fingerprint density at radius 2 is 1.83 bits per heavy atom. The molecule has 0 radical (unpaired) electrons. The average molecular weight is 317 g/mol. The molecule has 2 heterocycles. The number of amides is 1. The number of H-pyrrole nitrogens is 1. The van der Waals surface area contributed by atoms with Crippen LogP contribution in [0.4, 0.5) is 0 Å². The third-order valence-electron chi connectivity index (χ3n) is 3.82. The number of hydrogen-bond donors (Lipinski definition) is 2. The van der Waals surface area contributed by atoms with E-state index in [1.165, 1.54) is 0 Å². The first kappa shape index (κ1) is 14.3. The summed E-state index contributed by atoms with van der Waals surface area (Å²) >= 11 is 0. The molecule has 0 spiro atoms. The van der Waals surface area contributed by atoms with Crippen molar-refractivity contribution in [2.24, 2.45) is 0 Å². The SMILES string of the molecule is O=C(NCCc1nc2ccccc2[nH]1)c1ccc2nccnc2c1. The highest BCUT2D eigenvalue weighted by Crippen LogP contribution is 2.12. The van der Waals surface area contributed by atoms with Crippen LogP contribution in [-0.2, 0) is 6.42 Å². The summed E-state index contributed by atoms with van der Waals surface area (Å²) in [6.07, 6.45) is 3.90. The Kier molecular flexibility index (Phi) is 3.63. The standard InChI is InChI=1S/C18H15N5O/c24-18(12-5-6-13-16(11-12)20-10-9-19-13)21-8-7-17-22-14-3-1-2-4-15(14)23-17/h1-6,9-11H,7-8H2,(H,21,24)(H,22,23). The van der Waals surface area contributed by atoms with Gasteiger partial charge in [-0.2, -0.15) is 0 Å². The molecule has 4 rings (SSSR count). The lowest BCUT2D eigenvalue weighted by atomic mass is 10.2. The Labute approximate surface area is 138 Å². The monoisotopic (exact) mass is 317 g/mol. The zero-order valence-corrected chi connectivity index (χ0v) is 12.9. The van der Waals surface area contributed by atoms with Crippen LogP contribution in [0.2, 0.25) is 0 Å². The van der Waals surface area contributed by atoms with Crippen molar-refractivity contribution in [2.45, 2.75) is 6.42 Å². The zero-order valence-electron chi connectivity index (χ0n) is 12.9. The van der Waals surface area contributed by atoms with Gasteiger partial charge in [0.15, 0.2) is 0 Å². The number of hydrogen-bond acceptors (Lipinski definition) is 4. The molecule has 1 amide bonds. The molecule has 0 saturated heterocycles. The Bertz CT molecular complexity index is 991. The van der Waals surface area contributed by atoms with Gasteiger partial charge >= 0.3 is 0 Å². The molecule has 0 bridgehead atoms. The van der Waals surface area contributed by atoms with E-state index in [9.17, 15) is 4.79 Å². The van der Waals surface area contributed by atoms with Gasteiger partial charge in [-0.05, 0) is 30.3 Å². The summed E-state index contributed by atoms with van der Waals surface area (Å²) in [5.41, 5.74) is 4.00. The highest BCUT2D eigenvalue weighted by Gasteiger charge is 2.08. The summed E-state index contributed by atoms with van der Waals surface area (Å²) in [5.74, 6) is 0.736. The van der Waals surface area contributed by atoms with E-state index < -0.39 is 0 Å². The summed E-state index contributed by atoms with van der Waals surface area (Å²) < 4.78 is 0. The van der Waals surface area contributed by atoms with Gasteiger partial charge in [0.1, 0.15) is 5.82 Å². The summed E-state index contributed by atoms with van der Waals surface area (Å²) in [6.45, 7) is 0.511. The van der Waals surface area contributed by atoms with Crippen molar-refractivity contribution in [3.05, 3.63) is 66.2 Å². The molecular formula is C18H15N5O. The van der Waals surface area contributed by atoms with Gasteiger partial charge in [0.25, 0.3) is 5.91 Å². The lowest BCUT2D eigenvalue weighted by Crippen LogP contribution is -2.25. The van der Waals surface area contributed by atoms with E-state index in [0.717, 1.165) is 22.4 Å². The average Bonchev–Trinajstić information content (AvgIpc) is 3.04. The number of imidazole rings is 1. The van der Waals surface area contributed by atoms with Crippen LogP contribution in [0.1, 0.15) is 16.2 Å². The highest BCUT2D eigenvalue weighted by molar-refractivity contribution is 5.97. The first-order chi connectivity index (χ1) is 11.8. The largest absolute Gasteiger partial charge is 0.352 e. The molecule has 4 aromatic rings. The molecule has 2 N–H and O–H groups in total.